The van der Waals surface area contributed by atoms with Gasteiger partial charge in [0.15, 0.2) is 18.0 Å². The van der Waals surface area contributed by atoms with E-state index >= 15 is 0 Å². The molecule has 6 aliphatic rings. The molecule has 5 N–H and O–H groups in total. The molecule has 0 radical (unpaired) electrons. The predicted molar refractivity (Wildman–Crippen MR) is 243 cm³/mol. The molecule has 0 aromatic rings. The Bertz CT molecular complexity index is 1650. The Labute approximate surface area is 383 Å². The number of likely N-dealkylation sites (tertiary alicyclic amines) is 2. The van der Waals surface area contributed by atoms with Crippen molar-refractivity contribution in [2.24, 2.45) is 80.7 Å². The number of methoxy groups -OCH3 is 2. The third-order valence-corrected chi connectivity index (χ3v) is 15.7. The highest BCUT2D eigenvalue weighted by Gasteiger charge is 2.70. The van der Waals surface area contributed by atoms with E-state index < -0.39 is 54.2 Å². The summed E-state index contributed by atoms with van der Waals surface area (Å²) >= 11 is 0. The number of rotatable bonds is 14. The van der Waals surface area contributed by atoms with Gasteiger partial charge in [-0.3, -0.25) is 14.4 Å². The highest BCUT2D eigenvalue weighted by Crippen LogP contribution is 2.66. The summed E-state index contributed by atoms with van der Waals surface area (Å²) in [4.78, 5) is 77.1. The van der Waals surface area contributed by atoms with Crippen molar-refractivity contribution in [1.82, 2.24) is 9.80 Å². The molecule has 6 rings (SSSR count). The van der Waals surface area contributed by atoms with Crippen LogP contribution in [0.3, 0.4) is 0 Å². The first-order valence-electron chi connectivity index (χ1n) is 22.6. The molecule has 0 aromatic heterocycles. The van der Waals surface area contributed by atoms with Crippen molar-refractivity contribution >= 4 is 47.9 Å². The number of carbonyl (C=O) groups is 6. The smallest absolute Gasteiger partial charge is 0.336 e. The van der Waals surface area contributed by atoms with Crippen LogP contribution in [0.1, 0.15) is 135 Å². The standard InChI is InChI=1S/C24H39NO5.C15H25NO3.C8H15NO3.CH4.ClH/c1-13(23(2,3)4)21(28)25-12-16-18(24(16,5)6)19(25)17(26)11-15(10-14-8-9-14)20(27)22(29)30-7;1-8(14(2,3)4)12(17)16-7-9-10(15(9,5)6)11(16)13(18)19;1-12-8(11)7(10)6(9)4-5-2-3-5;;/h13-16,18-20,27H,8-12H2,1-7H3;8-11H,7H2,1-6H3,(H,18,19);5-7,10H,2-4,9H2,1H3;1H4;1H/t13-,15?,16+,18+,19-,20?;8-,9+,10+,11+;;;/m11.../s1. The van der Waals surface area contributed by atoms with E-state index in [4.69, 9.17) is 10.5 Å². The summed E-state index contributed by atoms with van der Waals surface area (Å²) < 4.78 is 9.09. The number of fused-ring (bicyclic) bond motifs is 2. The van der Waals surface area contributed by atoms with Crippen molar-refractivity contribution in [1.29, 1.82) is 0 Å². The first-order chi connectivity index (χ1) is 27.9. The zero-order chi connectivity index (χ0) is 46.5. The quantitative estimate of drug-likeness (QED) is 0.148. The number of ether oxygens (including phenoxy) is 2. The van der Waals surface area contributed by atoms with Crippen LogP contribution < -0.4 is 5.73 Å². The van der Waals surface area contributed by atoms with Crippen LogP contribution in [0.2, 0.25) is 0 Å². The van der Waals surface area contributed by atoms with Crippen LogP contribution in [0.15, 0.2) is 0 Å². The van der Waals surface area contributed by atoms with E-state index in [0.29, 0.717) is 43.2 Å². The maximum Gasteiger partial charge on any atom is 0.336 e. The van der Waals surface area contributed by atoms with Crippen LogP contribution >= 0.6 is 12.4 Å². The van der Waals surface area contributed by atoms with Gasteiger partial charge >= 0.3 is 17.9 Å². The van der Waals surface area contributed by atoms with Crippen LogP contribution in [0.4, 0.5) is 0 Å². The number of amides is 2. The molecule has 2 heterocycles. The Kier molecular flexibility index (Phi) is 18.6. The van der Waals surface area contributed by atoms with Gasteiger partial charge in [0.1, 0.15) is 6.04 Å². The molecule has 0 bridgehead atoms. The molecule has 6 fully saturated rings. The molecule has 12 atom stereocenters. The van der Waals surface area contributed by atoms with E-state index in [-0.39, 0.29) is 89.2 Å². The normalized spacial score (nSPS) is 28.7. The topological polar surface area (TPSA) is 214 Å². The van der Waals surface area contributed by atoms with E-state index in [0.717, 1.165) is 19.3 Å². The van der Waals surface area contributed by atoms with Gasteiger partial charge in [0.05, 0.1) is 20.3 Å². The number of carboxylic acids is 1. The van der Waals surface area contributed by atoms with Crippen LogP contribution in [-0.4, -0.2) is 118 Å². The summed E-state index contributed by atoms with van der Waals surface area (Å²) in [6.45, 7) is 25.8. The maximum absolute atomic E-state index is 13.5. The average molecular weight is 915 g/mol. The highest BCUT2D eigenvalue weighted by atomic mass is 35.5. The number of hydrogen-bond acceptors (Lipinski definition) is 11. The number of nitrogens with zero attached hydrogens (tertiary/aromatic N) is 2. The van der Waals surface area contributed by atoms with Gasteiger partial charge in [0.2, 0.25) is 11.8 Å². The number of carbonyl (C=O) groups excluding carboxylic acids is 5. The second-order valence-electron chi connectivity index (χ2n) is 22.7. The molecule has 364 valence electrons. The molecule has 15 heteroatoms. The Morgan fingerprint density at radius 1 is 0.683 bits per heavy atom. The van der Waals surface area contributed by atoms with Gasteiger partial charge in [-0.25, -0.2) is 14.4 Å². The molecule has 63 heavy (non-hydrogen) atoms. The van der Waals surface area contributed by atoms with Gasteiger partial charge in [-0.05, 0) is 64.1 Å². The first kappa shape index (κ1) is 56.3. The number of carboxylic acid groups (broad SMARTS) is 1. The number of aliphatic hydroxyl groups is 2. The van der Waals surface area contributed by atoms with Gasteiger partial charge in [-0.1, -0.05) is 116 Å². The first-order valence-corrected chi connectivity index (χ1v) is 22.6. The maximum atomic E-state index is 13.5. The molecule has 4 saturated carbocycles. The minimum Gasteiger partial charge on any atom is -0.480 e. The SMILES string of the molecule is C.COC(=O)C(O)C(CC(=O)[C@@H]1[C@@H]2[C@H](CN1C(=O)[C@@H](C)C(C)(C)C)C2(C)C)CC1CC1.COC(=O)C(O)C(N)CC1CC1.C[C@H](C(=O)N1C[C@H]2[C@@H]([C@H]1C(=O)O)C2(C)C)C(C)(C)C.Cl. The Morgan fingerprint density at radius 2 is 1.05 bits per heavy atom. The predicted octanol–water partition coefficient (Wildman–Crippen LogP) is 6.00. The summed E-state index contributed by atoms with van der Waals surface area (Å²) in [6, 6.07) is -1.55. The number of nitrogens with two attached hydrogens (primary N) is 1. The van der Waals surface area contributed by atoms with Crippen molar-refractivity contribution in [3.63, 3.8) is 0 Å². The molecule has 2 amide bonds. The number of esters is 2. The number of aliphatic hydroxyl groups excluding tert-OH is 2. The summed E-state index contributed by atoms with van der Waals surface area (Å²) in [5.74, 6) is -0.890. The number of hydrogen-bond donors (Lipinski definition) is 4. The number of piperidine rings is 2. The minimum atomic E-state index is -1.29. The van der Waals surface area contributed by atoms with E-state index in [9.17, 15) is 44.1 Å². The lowest BCUT2D eigenvalue weighted by Gasteiger charge is -2.36. The van der Waals surface area contributed by atoms with Gasteiger partial charge in [0, 0.05) is 49.2 Å². The molecule has 4 unspecified atom stereocenters. The molecule has 2 aliphatic heterocycles. The van der Waals surface area contributed by atoms with Gasteiger partial charge in [-0.2, -0.15) is 0 Å². The minimum absolute atomic E-state index is 0. The zero-order valence-corrected chi connectivity index (χ0v) is 40.8. The van der Waals surface area contributed by atoms with E-state index in [1.165, 1.54) is 27.1 Å². The van der Waals surface area contributed by atoms with Crippen molar-refractivity contribution in [2.75, 3.05) is 27.3 Å². The average Bonchev–Trinajstić information content (AvgIpc) is 4.15. The van der Waals surface area contributed by atoms with Gasteiger partial charge in [0.25, 0.3) is 0 Å². The van der Waals surface area contributed by atoms with E-state index in [2.05, 4.69) is 32.4 Å². The van der Waals surface area contributed by atoms with Crippen molar-refractivity contribution in [3.8, 4) is 0 Å². The number of halogens is 1. The Balaban J connectivity index is 0.000000354. The second-order valence-corrected chi connectivity index (χ2v) is 22.7. The lowest BCUT2D eigenvalue weighted by atomic mass is 9.80. The third kappa shape index (κ3) is 12.8. The molecular formula is C48H84ClN3O11. The number of aliphatic carboxylic acids is 1. The fraction of sp³-hybridized carbons (Fsp3) is 0.875. The van der Waals surface area contributed by atoms with Gasteiger partial charge in [-0.15, -0.1) is 12.4 Å². The van der Waals surface area contributed by atoms with Crippen molar-refractivity contribution in [2.45, 2.75) is 166 Å². The van der Waals surface area contributed by atoms with E-state index in [1.807, 2.05) is 55.4 Å². The van der Waals surface area contributed by atoms with Crippen LogP contribution in [0, 0.1) is 74.9 Å². The summed E-state index contributed by atoms with van der Waals surface area (Å²) in [5, 5.41) is 29.2. The Morgan fingerprint density at radius 3 is 1.41 bits per heavy atom. The van der Waals surface area contributed by atoms with Gasteiger partial charge < -0.3 is 40.3 Å². The third-order valence-electron chi connectivity index (χ3n) is 15.7. The van der Waals surface area contributed by atoms with Crippen molar-refractivity contribution < 1.29 is 53.6 Å². The van der Waals surface area contributed by atoms with Crippen LogP contribution in [0.5, 0.6) is 0 Å². The molecular weight excluding hydrogens is 830 g/mol. The lowest BCUT2D eigenvalue weighted by Crippen LogP contribution is -2.50. The zero-order valence-electron chi connectivity index (χ0n) is 39.9. The van der Waals surface area contributed by atoms with Crippen LogP contribution in [0.25, 0.3) is 0 Å². The number of Topliss-reactive ketones (excluding diaryl/α,β-unsaturated/α-hetero) is 1. The monoisotopic (exact) mass is 914 g/mol. The van der Waals surface area contributed by atoms with E-state index in [1.54, 1.807) is 9.80 Å². The Hall–Kier alpha value is -2.81. The molecule has 4 aliphatic carbocycles. The molecule has 0 spiro atoms. The fourth-order valence-electron chi connectivity index (χ4n) is 9.88. The lowest BCUT2D eigenvalue weighted by molar-refractivity contribution is -0.155. The summed E-state index contributed by atoms with van der Waals surface area (Å²) in [7, 11) is 2.50. The summed E-state index contributed by atoms with van der Waals surface area (Å²) in [6.07, 6.45) is 3.53. The van der Waals surface area contributed by atoms with Crippen LogP contribution in [-0.2, 0) is 38.2 Å². The fourth-order valence-corrected chi connectivity index (χ4v) is 9.88. The molecule has 14 nitrogen and oxygen atoms in total. The number of ketones is 1. The molecule has 2 saturated heterocycles. The summed E-state index contributed by atoms with van der Waals surface area (Å²) in [5.41, 5.74) is 5.39. The molecule has 0 aromatic carbocycles. The highest BCUT2D eigenvalue weighted by molar-refractivity contribution is 5.92. The van der Waals surface area contributed by atoms with Crippen molar-refractivity contribution in [3.05, 3.63) is 0 Å². The largest absolute Gasteiger partial charge is 0.480 e. The second kappa shape index (κ2) is 20.8.